The van der Waals surface area contributed by atoms with Gasteiger partial charge in [0, 0.05) is 22.8 Å². The monoisotopic (exact) mass is 305 g/mol. The molecule has 1 aromatic heterocycles. The molecule has 0 spiro atoms. The summed E-state index contributed by atoms with van der Waals surface area (Å²) < 4.78 is 2.11. The molecule has 0 saturated heterocycles. The first-order valence-electron chi connectivity index (χ1n) is 7.73. The lowest BCUT2D eigenvalue weighted by Crippen LogP contribution is -2.15. The van der Waals surface area contributed by atoms with Crippen LogP contribution < -0.4 is 5.32 Å². The van der Waals surface area contributed by atoms with E-state index in [9.17, 15) is 0 Å². The van der Waals surface area contributed by atoms with Crippen LogP contribution in [0.3, 0.4) is 0 Å². The minimum Gasteiger partial charge on any atom is -0.313 e. The Labute approximate surface area is 132 Å². The smallest absolute Gasteiger partial charge is 0.0663 e. The van der Waals surface area contributed by atoms with Gasteiger partial charge in [0.2, 0.25) is 0 Å². The van der Waals surface area contributed by atoms with Gasteiger partial charge in [-0.05, 0) is 37.1 Å². The van der Waals surface area contributed by atoms with Gasteiger partial charge in [0.05, 0.1) is 12.7 Å². The maximum atomic E-state index is 6.06. The van der Waals surface area contributed by atoms with Crippen LogP contribution in [0, 0.1) is 0 Å². The summed E-state index contributed by atoms with van der Waals surface area (Å²) >= 11 is 6.06. The van der Waals surface area contributed by atoms with Gasteiger partial charge in [-0.3, -0.25) is 4.68 Å². The van der Waals surface area contributed by atoms with E-state index in [1.165, 1.54) is 16.8 Å². The van der Waals surface area contributed by atoms with Crippen molar-refractivity contribution in [3.05, 3.63) is 52.3 Å². The molecule has 2 rings (SSSR count). The van der Waals surface area contributed by atoms with Gasteiger partial charge in [0.15, 0.2) is 0 Å². The highest BCUT2D eigenvalue weighted by atomic mass is 35.5. The van der Waals surface area contributed by atoms with Crippen molar-refractivity contribution in [1.29, 1.82) is 0 Å². The molecule has 0 amide bonds. The molecule has 0 bridgehead atoms. The van der Waals surface area contributed by atoms with E-state index >= 15 is 0 Å². The highest BCUT2D eigenvalue weighted by Gasteiger charge is 2.10. The SMILES string of the molecule is CCCNCc1cnn(Cc2cccc(Cl)c2)c1CCC. The van der Waals surface area contributed by atoms with Crippen molar-refractivity contribution in [1.82, 2.24) is 15.1 Å². The number of halogens is 1. The van der Waals surface area contributed by atoms with Crippen LogP contribution in [0.2, 0.25) is 5.02 Å². The molecule has 1 aromatic carbocycles. The third-order valence-electron chi connectivity index (χ3n) is 3.49. The number of rotatable bonds is 8. The summed E-state index contributed by atoms with van der Waals surface area (Å²) in [5.74, 6) is 0. The Morgan fingerprint density at radius 1 is 1.24 bits per heavy atom. The first-order chi connectivity index (χ1) is 10.2. The van der Waals surface area contributed by atoms with Gasteiger partial charge in [-0.15, -0.1) is 0 Å². The standard InChI is InChI=1S/C17H24ClN3/c1-3-6-17-15(11-19-9-4-2)12-20-21(17)13-14-7-5-8-16(18)10-14/h5,7-8,10,12,19H,3-4,6,9,11,13H2,1-2H3. The van der Waals surface area contributed by atoms with Crippen molar-refractivity contribution >= 4 is 11.6 Å². The molecular weight excluding hydrogens is 282 g/mol. The zero-order chi connectivity index (χ0) is 15.1. The lowest BCUT2D eigenvalue weighted by molar-refractivity contribution is 0.625. The third kappa shape index (κ3) is 4.58. The summed E-state index contributed by atoms with van der Waals surface area (Å²) in [6, 6.07) is 8.00. The van der Waals surface area contributed by atoms with Gasteiger partial charge in [-0.1, -0.05) is 44.0 Å². The zero-order valence-corrected chi connectivity index (χ0v) is 13.7. The van der Waals surface area contributed by atoms with Gasteiger partial charge >= 0.3 is 0 Å². The molecule has 114 valence electrons. The average Bonchev–Trinajstić information content (AvgIpc) is 2.83. The summed E-state index contributed by atoms with van der Waals surface area (Å²) in [4.78, 5) is 0. The summed E-state index contributed by atoms with van der Waals surface area (Å²) in [5.41, 5.74) is 3.84. The number of hydrogen-bond donors (Lipinski definition) is 1. The number of aromatic nitrogens is 2. The Hall–Kier alpha value is -1.32. The second-order valence-electron chi connectivity index (χ2n) is 5.33. The molecule has 0 radical (unpaired) electrons. The van der Waals surface area contributed by atoms with Gasteiger partial charge in [0.25, 0.3) is 0 Å². The van der Waals surface area contributed by atoms with Crippen LogP contribution in [0.15, 0.2) is 30.5 Å². The van der Waals surface area contributed by atoms with Crippen LogP contribution in [-0.4, -0.2) is 16.3 Å². The van der Waals surface area contributed by atoms with E-state index in [1.807, 2.05) is 24.4 Å². The molecule has 0 saturated carbocycles. The Kier molecular flexibility index (Phi) is 6.27. The molecule has 1 N–H and O–H groups in total. The molecule has 21 heavy (non-hydrogen) atoms. The van der Waals surface area contributed by atoms with E-state index in [0.717, 1.165) is 43.9 Å². The fourth-order valence-corrected chi connectivity index (χ4v) is 2.68. The molecule has 0 aliphatic heterocycles. The Morgan fingerprint density at radius 3 is 2.81 bits per heavy atom. The van der Waals surface area contributed by atoms with Crippen molar-refractivity contribution in [3.8, 4) is 0 Å². The first-order valence-corrected chi connectivity index (χ1v) is 8.11. The van der Waals surface area contributed by atoms with Crippen molar-refractivity contribution in [2.45, 2.75) is 46.2 Å². The summed E-state index contributed by atoms with van der Waals surface area (Å²) in [6.45, 7) is 7.12. The highest BCUT2D eigenvalue weighted by Crippen LogP contribution is 2.16. The maximum absolute atomic E-state index is 6.06. The summed E-state index contributed by atoms with van der Waals surface area (Å²) in [5, 5.41) is 8.81. The average molecular weight is 306 g/mol. The van der Waals surface area contributed by atoms with Crippen molar-refractivity contribution in [3.63, 3.8) is 0 Å². The van der Waals surface area contributed by atoms with Crippen LogP contribution in [-0.2, 0) is 19.5 Å². The quantitative estimate of drug-likeness (QED) is 0.746. The maximum Gasteiger partial charge on any atom is 0.0663 e. The number of benzene rings is 1. The van der Waals surface area contributed by atoms with Crippen LogP contribution in [0.1, 0.15) is 43.5 Å². The summed E-state index contributed by atoms with van der Waals surface area (Å²) in [7, 11) is 0. The van der Waals surface area contributed by atoms with Crippen molar-refractivity contribution < 1.29 is 0 Å². The lowest BCUT2D eigenvalue weighted by atomic mass is 10.1. The first kappa shape index (κ1) is 16.1. The third-order valence-corrected chi connectivity index (χ3v) is 3.72. The fraction of sp³-hybridized carbons (Fsp3) is 0.471. The predicted octanol–water partition coefficient (Wildman–Crippen LogP) is 4.04. The van der Waals surface area contributed by atoms with E-state index < -0.39 is 0 Å². The van der Waals surface area contributed by atoms with Crippen molar-refractivity contribution in [2.75, 3.05) is 6.54 Å². The molecule has 3 nitrogen and oxygen atoms in total. The highest BCUT2D eigenvalue weighted by molar-refractivity contribution is 6.30. The van der Waals surface area contributed by atoms with Crippen LogP contribution in [0.5, 0.6) is 0 Å². The van der Waals surface area contributed by atoms with E-state index in [0.29, 0.717) is 0 Å². The fourth-order valence-electron chi connectivity index (χ4n) is 2.47. The molecule has 2 aromatic rings. The number of nitrogens with one attached hydrogen (secondary N) is 1. The van der Waals surface area contributed by atoms with Crippen LogP contribution in [0.25, 0.3) is 0 Å². The van der Waals surface area contributed by atoms with Crippen molar-refractivity contribution in [2.24, 2.45) is 0 Å². The molecule has 0 atom stereocenters. The zero-order valence-electron chi connectivity index (χ0n) is 12.9. The van der Waals surface area contributed by atoms with Crippen LogP contribution >= 0.6 is 11.6 Å². The molecule has 4 heteroatoms. The number of hydrogen-bond acceptors (Lipinski definition) is 2. The second kappa shape index (κ2) is 8.20. The molecule has 0 aliphatic rings. The molecule has 0 unspecified atom stereocenters. The second-order valence-corrected chi connectivity index (χ2v) is 5.77. The molecule has 1 heterocycles. The van der Waals surface area contributed by atoms with Crippen LogP contribution in [0.4, 0.5) is 0 Å². The molecular formula is C17H24ClN3. The van der Waals surface area contributed by atoms with Gasteiger partial charge < -0.3 is 5.32 Å². The minimum atomic E-state index is 0.779. The lowest BCUT2D eigenvalue weighted by Gasteiger charge is -2.10. The molecule has 0 aliphatic carbocycles. The topological polar surface area (TPSA) is 29.9 Å². The minimum absolute atomic E-state index is 0.779. The molecule has 0 fully saturated rings. The van der Waals surface area contributed by atoms with Gasteiger partial charge in [-0.2, -0.15) is 5.10 Å². The predicted molar refractivity (Wildman–Crippen MR) is 88.8 cm³/mol. The van der Waals surface area contributed by atoms with E-state index in [-0.39, 0.29) is 0 Å². The number of nitrogens with zero attached hydrogens (tertiary/aromatic N) is 2. The van der Waals surface area contributed by atoms with E-state index in [1.54, 1.807) is 0 Å². The Balaban J connectivity index is 2.14. The van der Waals surface area contributed by atoms with Gasteiger partial charge in [-0.25, -0.2) is 0 Å². The summed E-state index contributed by atoms with van der Waals surface area (Å²) in [6.07, 6.45) is 5.34. The Morgan fingerprint density at radius 2 is 2.10 bits per heavy atom. The van der Waals surface area contributed by atoms with Gasteiger partial charge in [0.1, 0.15) is 0 Å². The largest absolute Gasteiger partial charge is 0.313 e. The Bertz CT molecular complexity index is 563. The van der Waals surface area contributed by atoms with E-state index in [4.69, 9.17) is 11.6 Å². The van der Waals surface area contributed by atoms with E-state index in [2.05, 4.69) is 35.0 Å². The normalized spacial score (nSPS) is 11.0.